The summed E-state index contributed by atoms with van der Waals surface area (Å²) in [4.78, 5) is 1.24. The molecule has 2 heterocycles. The third kappa shape index (κ3) is 3.15. The fraction of sp³-hybridized carbons (Fsp3) is 0.588. The van der Waals surface area contributed by atoms with Gasteiger partial charge in [0.2, 0.25) is 0 Å². The first-order chi connectivity index (χ1) is 10.3. The summed E-state index contributed by atoms with van der Waals surface area (Å²) >= 11 is 1.74. The average Bonchev–Trinajstić information content (AvgIpc) is 3.14. The molecule has 3 N–H and O–H groups in total. The minimum absolute atomic E-state index is 0.602. The van der Waals surface area contributed by atoms with Crippen molar-refractivity contribution in [2.75, 3.05) is 5.73 Å². The van der Waals surface area contributed by atoms with E-state index in [-0.39, 0.29) is 0 Å². The van der Waals surface area contributed by atoms with Crippen molar-refractivity contribution in [1.29, 1.82) is 0 Å². The lowest BCUT2D eigenvalue weighted by atomic mass is 9.78. The Kier molecular flexibility index (Phi) is 4.63. The summed E-state index contributed by atoms with van der Waals surface area (Å²) in [6.07, 6.45) is 9.36. The molecule has 0 unspecified atom stereocenters. The molecule has 0 spiro atoms. The molecule has 0 aliphatic heterocycles. The van der Waals surface area contributed by atoms with Gasteiger partial charge in [-0.2, -0.15) is 5.10 Å². The molecule has 2 aromatic rings. The summed E-state index contributed by atoms with van der Waals surface area (Å²) in [5.74, 6) is 2.19. The molecule has 1 saturated carbocycles. The number of H-pyrrole nitrogens is 1. The molecule has 1 aliphatic carbocycles. The summed E-state index contributed by atoms with van der Waals surface area (Å²) in [5.41, 5.74) is 8.52. The van der Waals surface area contributed by atoms with Crippen molar-refractivity contribution >= 4 is 17.2 Å². The van der Waals surface area contributed by atoms with Gasteiger partial charge >= 0.3 is 0 Å². The van der Waals surface area contributed by atoms with Gasteiger partial charge < -0.3 is 5.73 Å². The Morgan fingerprint density at radius 3 is 2.81 bits per heavy atom. The van der Waals surface area contributed by atoms with Crippen LogP contribution in [0.15, 0.2) is 17.5 Å². The van der Waals surface area contributed by atoms with E-state index in [9.17, 15) is 0 Å². The molecule has 0 saturated heterocycles. The van der Waals surface area contributed by atoms with Crippen molar-refractivity contribution in [3.8, 4) is 10.4 Å². The lowest BCUT2D eigenvalue weighted by Gasteiger charge is -2.28. The number of nitrogens with two attached hydrogens (primary N) is 1. The van der Waals surface area contributed by atoms with Crippen LogP contribution in [-0.4, -0.2) is 10.2 Å². The van der Waals surface area contributed by atoms with Gasteiger partial charge in [0.1, 0.15) is 0 Å². The van der Waals surface area contributed by atoms with Gasteiger partial charge in [-0.15, -0.1) is 11.3 Å². The Hall–Kier alpha value is -1.29. The number of rotatable bonds is 5. The lowest BCUT2D eigenvalue weighted by Crippen LogP contribution is -2.14. The van der Waals surface area contributed by atoms with Crippen LogP contribution < -0.4 is 5.73 Å². The molecule has 3 rings (SSSR count). The molecule has 0 atom stereocenters. The molecule has 0 radical (unpaired) electrons. The molecule has 0 bridgehead atoms. The van der Waals surface area contributed by atoms with Crippen molar-refractivity contribution in [2.45, 2.75) is 57.8 Å². The average molecular weight is 303 g/mol. The highest BCUT2D eigenvalue weighted by Crippen LogP contribution is 2.42. The number of aromatic nitrogens is 2. The van der Waals surface area contributed by atoms with Crippen LogP contribution in [0.1, 0.15) is 63.5 Å². The zero-order valence-corrected chi connectivity index (χ0v) is 13.6. The Balaban J connectivity index is 1.72. The Bertz CT molecular complexity index is 551. The van der Waals surface area contributed by atoms with Gasteiger partial charge in [-0.3, -0.25) is 5.10 Å². The smallest absolute Gasteiger partial charge is 0.154 e. The molecular formula is C17H25N3S. The van der Waals surface area contributed by atoms with E-state index in [1.807, 2.05) is 0 Å². The predicted octanol–water partition coefficient (Wildman–Crippen LogP) is 5.18. The number of nitrogen functional groups attached to an aromatic ring is 1. The van der Waals surface area contributed by atoms with Gasteiger partial charge in [0, 0.05) is 16.5 Å². The second-order valence-electron chi connectivity index (χ2n) is 6.23. The second-order valence-corrected chi connectivity index (χ2v) is 7.18. The molecule has 4 heteroatoms. The lowest BCUT2D eigenvalue weighted by molar-refractivity contribution is 0.302. The van der Waals surface area contributed by atoms with Crippen molar-refractivity contribution in [3.05, 3.63) is 23.2 Å². The van der Waals surface area contributed by atoms with Crippen LogP contribution in [0, 0.1) is 5.92 Å². The molecule has 1 fully saturated rings. The van der Waals surface area contributed by atoms with E-state index in [2.05, 4.69) is 34.6 Å². The summed E-state index contributed by atoms with van der Waals surface area (Å²) in [7, 11) is 0. The summed E-state index contributed by atoms with van der Waals surface area (Å²) < 4.78 is 0. The van der Waals surface area contributed by atoms with Crippen LogP contribution in [0.25, 0.3) is 10.4 Å². The van der Waals surface area contributed by atoms with Crippen molar-refractivity contribution in [2.24, 2.45) is 5.92 Å². The van der Waals surface area contributed by atoms with Gasteiger partial charge in [0.25, 0.3) is 0 Å². The highest BCUT2D eigenvalue weighted by atomic mass is 32.1. The van der Waals surface area contributed by atoms with Crippen molar-refractivity contribution in [3.63, 3.8) is 0 Å². The highest BCUT2D eigenvalue weighted by Gasteiger charge is 2.27. The van der Waals surface area contributed by atoms with E-state index in [0.717, 1.165) is 11.5 Å². The van der Waals surface area contributed by atoms with Gasteiger partial charge in [-0.05, 0) is 43.0 Å². The topological polar surface area (TPSA) is 54.7 Å². The third-order valence-electron chi connectivity index (χ3n) is 4.81. The number of unbranched alkanes of at least 4 members (excludes halogenated alkanes) is 1. The van der Waals surface area contributed by atoms with Gasteiger partial charge in [-0.25, -0.2) is 0 Å². The van der Waals surface area contributed by atoms with E-state index in [4.69, 9.17) is 5.73 Å². The number of nitrogens with zero attached hydrogens (tertiary/aromatic N) is 1. The van der Waals surface area contributed by atoms with Crippen LogP contribution in [0.2, 0.25) is 0 Å². The van der Waals surface area contributed by atoms with Crippen LogP contribution in [0.3, 0.4) is 0 Å². The molecule has 0 aromatic carbocycles. The van der Waals surface area contributed by atoms with Crippen LogP contribution in [0.4, 0.5) is 5.82 Å². The summed E-state index contributed by atoms with van der Waals surface area (Å²) in [5, 5.41) is 9.60. The SMILES string of the molecule is CCCCC1CCC(c2[nH]nc(N)c2-c2cccs2)CC1. The Morgan fingerprint density at radius 2 is 2.14 bits per heavy atom. The minimum atomic E-state index is 0.602. The van der Waals surface area contributed by atoms with Gasteiger partial charge in [0.15, 0.2) is 5.82 Å². The standard InChI is InChI=1S/C17H25N3S/c1-2-3-5-12-7-9-13(10-8-12)16-15(17(18)20-19-16)14-6-4-11-21-14/h4,6,11-13H,2-3,5,7-10H2,1H3,(H3,18,19,20). The third-order valence-corrected chi connectivity index (χ3v) is 5.70. The summed E-state index contributed by atoms with van der Waals surface area (Å²) in [6.45, 7) is 2.28. The summed E-state index contributed by atoms with van der Waals surface area (Å²) in [6, 6.07) is 4.22. The minimum Gasteiger partial charge on any atom is -0.382 e. The fourth-order valence-corrected chi connectivity index (χ4v) is 4.37. The molecule has 114 valence electrons. The monoisotopic (exact) mass is 303 g/mol. The maximum absolute atomic E-state index is 6.10. The molecule has 2 aromatic heterocycles. The largest absolute Gasteiger partial charge is 0.382 e. The first kappa shape index (κ1) is 14.6. The van der Waals surface area contributed by atoms with Crippen LogP contribution in [-0.2, 0) is 0 Å². The first-order valence-corrected chi connectivity index (χ1v) is 9.05. The van der Waals surface area contributed by atoms with E-state index in [1.54, 1.807) is 11.3 Å². The normalized spacial score (nSPS) is 22.5. The number of anilines is 1. The zero-order valence-electron chi connectivity index (χ0n) is 12.8. The van der Waals surface area contributed by atoms with Gasteiger partial charge in [-0.1, -0.05) is 32.3 Å². The highest BCUT2D eigenvalue weighted by molar-refractivity contribution is 7.13. The molecule has 3 nitrogen and oxygen atoms in total. The maximum Gasteiger partial charge on any atom is 0.154 e. The van der Waals surface area contributed by atoms with E-state index in [1.165, 1.54) is 55.5 Å². The van der Waals surface area contributed by atoms with Crippen molar-refractivity contribution < 1.29 is 0 Å². The Morgan fingerprint density at radius 1 is 1.33 bits per heavy atom. The van der Waals surface area contributed by atoms with Crippen LogP contribution >= 0.6 is 11.3 Å². The van der Waals surface area contributed by atoms with E-state index < -0.39 is 0 Å². The number of hydrogen-bond donors (Lipinski definition) is 2. The van der Waals surface area contributed by atoms with Crippen LogP contribution in [0.5, 0.6) is 0 Å². The maximum atomic E-state index is 6.10. The van der Waals surface area contributed by atoms with E-state index >= 15 is 0 Å². The number of hydrogen-bond acceptors (Lipinski definition) is 3. The molecule has 1 aliphatic rings. The quantitative estimate of drug-likeness (QED) is 0.799. The fourth-order valence-electron chi connectivity index (χ4n) is 3.58. The predicted molar refractivity (Wildman–Crippen MR) is 90.5 cm³/mol. The Labute approximate surface area is 131 Å². The number of nitrogens with one attached hydrogen (secondary N) is 1. The molecule has 21 heavy (non-hydrogen) atoms. The second kappa shape index (κ2) is 6.65. The molecular weight excluding hydrogens is 278 g/mol. The first-order valence-electron chi connectivity index (χ1n) is 8.17. The van der Waals surface area contributed by atoms with Crippen molar-refractivity contribution in [1.82, 2.24) is 10.2 Å². The number of thiophene rings is 1. The van der Waals surface area contributed by atoms with Gasteiger partial charge in [0.05, 0.1) is 5.56 Å². The molecule has 0 amide bonds. The van der Waals surface area contributed by atoms with E-state index in [0.29, 0.717) is 11.7 Å². The zero-order chi connectivity index (χ0) is 14.7. The number of aromatic amines is 1.